The van der Waals surface area contributed by atoms with Crippen molar-refractivity contribution in [3.63, 3.8) is 0 Å². The van der Waals surface area contributed by atoms with Gasteiger partial charge in [-0.05, 0) is 58.3 Å². The Morgan fingerprint density at radius 3 is 1.37 bits per heavy atom. The zero-order valence-electron chi connectivity index (χ0n) is 33.0. The normalized spacial score (nSPS) is 12.2. The summed E-state index contributed by atoms with van der Waals surface area (Å²) < 4.78 is 9.58. The SMILES string of the molecule is c1ccc2c(-c3ccc(-c4nc(-n5c6ccccc6c6c7sc8ccccc8c7ccc65)nc(-n5c6ccccc6c6c7sc8ccccc8c7ccc65)n4)cc3)cccc2c1. The molecule has 0 aliphatic rings. The maximum absolute atomic E-state index is 5.50. The molecule has 0 aliphatic carbocycles. The van der Waals surface area contributed by atoms with Gasteiger partial charge in [-0.1, -0.05) is 152 Å². The Bertz CT molecular complexity index is 3960. The van der Waals surface area contributed by atoms with E-state index in [1.165, 1.54) is 78.2 Å². The minimum absolute atomic E-state index is 0.573. The summed E-state index contributed by atoms with van der Waals surface area (Å²) in [7, 11) is 0. The number of hydrogen-bond donors (Lipinski definition) is 0. The lowest BCUT2D eigenvalue weighted by atomic mass is 9.97. The summed E-state index contributed by atoms with van der Waals surface area (Å²) in [6.45, 7) is 0. The van der Waals surface area contributed by atoms with Crippen LogP contribution < -0.4 is 0 Å². The molecule has 0 N–H and O–H groups in total. The van der Waals surface area contributed by atoms with Crippen LogP contribution in [0, 0.1) is 0 Å². The Morgan fingerprint density at radius 1 is 0.323 bits per heavy atom. The van der Waals surface area contributed by atoms with Gasteiger partial charge in [-0.15, -0.1) is 22.7 Å². The molecular weight excluding hydrogens is 795 g/mol. The summed E-state index contributed by atoms with van der Waals surface area (Å²) in [5.41, 5.74) is 7.49. The smallest absolute Gasteiger partial charge is 0.240 e. The number of hydrogen-bond acceptors (Lipinski definition) is 5. The van der Waals surface area contributed by atoms with Gasteiger partial charge in [0, 0.05) is 67.5 Å². The predicted octanol–water partition coefficient (Wildman–Crippen LogP) is 15.3. The Hall–Kier alpha value is -7.71. The van der Waals surface area contributed by atoms with Gasteiger partial charge < -0.3 is 0 Å². The maximum Gasteiger partial charge on any atom is 0.240 e. The van der Waals surface area contributed by atoms with E-state index in [0.717, 1.165) is 33.2 Å². The molecule has 0 saturated carbocycles. The first kappa shape index (κ1) is 34.0. The number of aromatic nitrogens is 5. The Morgan fingerprint density at radius 2 is 0.790 bits per heavy atom. The number of rotatable bonds is 4. The molecule has 7 heteroatoms. The van der Waals surface area contributed by atoms with Crippen LogP contribution >= 0.6 is 22.7 Å². The summed E-state index contributed by atoms with van der Waals surface area (Å²) in [4.78, 5) is 16.3. The summed E-state index contributed by atoms with van der Waals surface area (Å²) in [6, 6.07) is 67.5. The van der Waals surface area contributed by atoms with Crippen LogP contribution in [0.5, 0.6) is 0 Å². The largest absolute Gasteiger partial charge is 0.278 e. The molecular formula is C55H31N5S2. The van der Waals surface area contributed by atoms with Crippen LogP contribution in [-0.2, 0) is 0 Å². The van der Waals surface area contributed by atoms with Crippen molar-refractivity contribution in [2.75, 3.05) is 0 Å². The molecule has 5 heterocycles. The third-order valence-electron chi connectivity index (χ3n) is 12.6. The van der Waals surface area contributed by atoms with E-state index in [4.69, 9.17) is 15.0 Å². The second-order valence-corrected chi connectivity index (χ2v) is 18.0. The van der Waals surface area contributed by atoms with Crippen molar-refractivity contribution < 1.29 is 0 Å². The molecule has 0 unspecified atom stereocenters. The van der Waals surface area contributed by atoms with Crippen molar-refractivity contribution in [3.8, 4) is 34.4 Å². The molecule has 0 bridgehead atoms. The van der Waals surface area contributed by atoms with E-state index in [9.17, 15) is 0 Å². The van der Waals surface area contributed by atoms with E-state index in [0.29, 0.717) is 17.7 Å². The van der Waals surface area contributed by atoms with Crippen molar-refractivity contribution >= 4 is 117 Å². The van der Waals surface area contributed by atoms with E-state index in [1.54, 1.807) is 0 Å². The van der Waals surface area contributed by atoms with Crippen LogP contribution in [0.3, 0.4) is 0 Å². The quantitative estimate of drug-likeness (QED) is 0.178. The van der Waals surface area contributed by atoms with Gasteiger partial charge in [0.05, 0.1) is 22.1 Å². The number of para-hydroxylation sites is 2. The number of nitrogens with zero attached hydrogens (tertiary/aromatic N) is 5. The lowest BCUT2D eigenvalue weighted by Gasteiger charge is -2.13. The molecule has 14 aromatic rings. The molecule has 62 heavy (non-hydrogen) atoms. The fourth-order valence-electron chi connectivity index (χ4n) is 9.86. The molecule has 0 fully saturated rings. The van der Waals surface area contributed by atoms with Crippen LogP contribution in [0.15, 0.2) is 188 Å². The van der Waals surface area contributed by atoms with E-state index in [-0.39, 0.29) is 0 Å². The third kappa shape index (κ3) is 4.80. The van der Waals surface area contributed by atoms with Crippen molar-refractivity contribution in [1.82, 2.24) is 24.1 Å². The molecule has 0 aliphatic heterocycles. The third-order valence-corrected chi connectivity index (χ3v) is 15.0. The fraction of sp³-hybridized carbons (Fsp3) is 0. The molecule has 0 spiro atoms. The van der Waals surface area contributed by atoms with Gasteiger partial charge in [-0.25, -0.2) is 0 Å². The summed E-state index contributed by atoms with van der Waals surface area (Å²) in [6.07, 6.45) is 0. The molecule has 9 aromatic carbocycles. The lowest BCUT2D eigenvalue weighted by Crippen LogP contribution is -2.10. The van der Waals surface area contributed by atoms with Crippen LogP contribution in [0.1, 0.15) is 0 Å². The van der Waals surface area contributed by atoms with E-state index < -0.39 is 0 Å². The van der Waals surface area contributed by atoms with E-state index >= 15 is 0 Å². The summed E-state index contributed by atoms with van der Waals surface area (Å²) >= 11 is 3.70. The number of thiophene rings is 2. The standard InChI is InChI=1S/C55H31N5S2/c1-2-14-35-32(12-1)13-11-19-36(35)33-24-26-34(27-25-33)53-56-54(59-43-20-7-3-17-41(43)49-45(59)30-28-39-37-15-5-9-22-47(37)61-51(39)49)58-55(57-53)60-44-21-8-4-18-42(44)50-46(60)31-29-40-38-16-6-10-23-48(38)62-52(40)50/h1-31H. The second-order valence-electron chi connectivity index (χ2n) is 15.9. The number of benzene rings is 9. The number of fused-ring (bicyclic) bond motifs is 15. The van der Waals surface area contributed by atoms with Crippen molar-refractivity contribution in [3.05, 3.63) is 188 Å². The second kappa shape index (κ2) is 12.9. The maximum atomic E-state index is 5.50. The van der Waals surface area contributed by atoms with E-state index in [1.807, 2.05) is 22.7 Å². The first-order valence-electron chi connectivity index (χ1n) is 20.8. The zero-order chi connectivity index (χ0) is 40.5. The lowest BCUT2D eigenvalue weighted by molar-refractivity contribution is 0.893. The highest BCUT2D eigenvalue weighted by Gasteiger charge is 2.23. The Balaban J connectivity index is 1.06. The average molecular weight is 826 g/mol. The highest BCUT2D eigenvalue weighted by atomic mass is 32.1. The first-order chi connectivity index (χ1) is 30.7. The van der Waals surface area contributed by atoms with Gasteiger partial charge in [0.1, 0.15) is 0 Å². The molecule has 288 valence electrons. The highest BCUT2D eigenvalue weighted by Crippen LogP contribution is 2.45. The van der Waals surface area contributed by atoms with Gasteiger partial charge in [-0.3, -0.25) is 9.13 Å². The van der Waals surface area contributed by atoms with Gasteiger partial charge in [0.2, 0.25) is 11.9 Å². The van der Waals surface area contributed by atoms with Crippen molar-refractivity contribution in [1.29, 1.82) is 0 Å². The van der Waals surface area contributed by atoms with Crippen molar-refractivity contribution in [2.24, 2.45) is 0 Å². The molecule has 5 nitrogen and oxygen atoms in total. The van der Waals surface area contributed by atoms with Crippen LogP contribution in [-0.4, -0.2) is 24.1 Å². The van der Waals surface area contributed by atoms with Gasteiger partial charge in [0.25, 0.3) is 0 Å². The average Bonchev–Trinajstić information content (AvgIpc) is 4.09. The molecule has 14 rings (SSSR count). The molecule has 0 radical (unpaired) electrons. The molecule has 0 saturated heterocycles. The molecule has 0 atom stereocenters. The van der Waals surface area contributed by atoms with E-state index in [2.05, 4.69) is 197 Å². The summed E-state index contributed by atoms with van der Waals surface area (Å²) in [5.74, 6) is 1.75. The summed E-state index contributed by atoms with van der Waals surface area (Å²) in [5, 5.41) is 12.3. The highest BCUT2D eigenvalue weighted by molar-refractivity contribution is 7.27. The van der Waals surface area contributed by atoms with Crippen molar-refractivity contribution in [2.45, 2.75) is 0 Å². The minimum atomic E-state index is 0.573. The molecule has 5 aromatic heterocycles. The van der Waals surface area contributed by atoms with Gasteiger partial charge >= 0.3 is 0 Å². The monoisotopic (exact) mass is 825 g/mol. The Kier molecular flexibility index (Phi) is 7.08. The Labute approximate surface area is 362 Å². The van der Waals surface area contributed by atoms with Crippen LogP contribution in [0.25, 0.3) is 129 Å². The van der Waals surface area contributed by atoms with Gasteiger partial charge in [0.15, 0.2) is 5.82 Å². The first-order valence-corrected chi connectivity index (χ1v) is 22.4. The van der Waals surface area contributed by atoms with Crippen LogP contribution in [0.2, 0.25) is 0 Å². The van der Waals surface area contributed by atoms with Gasteiger partial charge in [-0.2, -0.15) is 15.0 Å². The minimum Gasteiger partial charge on any atom is -0.278 e. The topological polar surface area (TPSA) is 48.5 Å². The zero-order valence-corrected chi connectivity index (χ0v) is 34.6. The predicted molar refractivity (Wildman–Crippen MR) is 263 cm³/mol. The fourth-order valence-corrected chi connectivity index (χ4v) is 12.4. The van der Waals surface area contributed by atoms with Crippen LogP contribution in [0.4, 0.5) is 0 Å². The molecule has 0 amide bonds.